The van der Waals surface area contributed by atoms with Crippen molar-refractivity contribution in [3.8, 4) is 0 Å². The molecule has 0 unspecified atom stereocenters. The lowest BCUT2D eigenvalue weighted by Gasteiger charge is -2.20. The lowest BCUT2D eigenvalue weighted by molar-refractivity contribution is 0.188. The van der Waals surface area contributed by atoms with Crippen molar-refractivity contribution >= 4 is 29.9 Å². The molecule has 1 fully saturated rings. The fourth-order valence-corrected chi connectivity index (χ4v) is 2.37. The first-order valence-corrected chi connectivity index (χ1v) is 7.39. The number of nitrogens with one attached hydrogen (secondary N) is 1. The summed E-state index contributed by atoms with van der Waals surface area (Å²) in [6.07, 6.45) is 5.50. The summed E-state index contributed by atoms with van der Waals surface area (Å²) in [4.78, 5) is 6.76. The Morgan fingerprint density at radius 3 is 2.95 bits per heavy atom. The van der Waals surface area contributed by atoms with Crippen LogP contribution in [-0.2, 0) is 6.54 Å². The molecule has 21 heavy (non-hydrogen) atoms. The Balaban J connectivity index is 0.00000220. The summed E-state index contributed by atoms with van der Waals surface area (Å²) < 4.78 is 1.96. The van der Waals surface area contributed by atoms with E-state index >= 15 is 0 Å². The second-order valence-corrected chi connectivity index (χ2v) is 5.26. The summed E-state index contributed by atoms with van der Waals surface area (Å²) in [5.74, 6) is 0.917. The molecule has 1 aromatic rings. The summed E-state index contributed by atoms with van der Waals surface area (Å²) in [5.41, 5.74) is 1.19. The van der Waals surface area contributed by atoms with Crippen molar-refractivity contribution in [1.82, 2.24) is 20.0 Å². The Morgan fingerprint density at radius 2 is 2.38 bits per heavy atom. The van der Waals surface area contributed by atoms with Crippen molar-refractivity contribution in [2.75, 3.05) is 26.2 Å². The molecule has 1 saturated heterocycles. The van der Waals surface area contributed by atoms with Gasteiger partial charge in [0, 0.05) is 38.9 Å². The average Bonchev–Trinajstić information content (AvgIpc) is 3.02. The van der Waals surface area contributed by atoms with Crippen molar-refractivity contribution < 1.29 is 5.11 Å². The largest absolute Gasteiger partial charge is 0.391 e. The van der Waals surface area contributed by atoms with Gasteiger partial charge >= 0.3 is 0 Å². The lowest BCUT2D eigenvalue weighted by Crippen LogP contribution is -2.40. The first kappa shape index (κ1) is 18.2. The Kier molecular flexibility index (Phi) is 8.02. The molecule has 1 atom stereocenters. The lowest BCUT2D eigenvalue weighted by atomic mass is 10.3. The summed E-state index contributed by atoms with van der Waals surface area (Å²) in [5, 5.41) is 17.2. The number of guanidine groups is 1. The molecular formula is C14H26IN5O. The van der Waals surface area contributed by atoms with Gasteiger partial charge in [-0.1, -0.05) is 0 Å². The van der Waals surface area contributed by atoms with Gasteiger partial charge in [0.15, 0.2) is 5.96 Å². The van der Waals surface area contributed by atoms with Crippen LogP contribution < -0.4 is 5.32 Å². The predicted molar refractivity (Wildman–Crippen MR) is 95.2 cm³/mol. The molecule has 2 rings (SSSR count). The maximum atomic E-state index is 9.60. The van der Waals surface area contributed by atoms with Gasteiger partial charge in [-0.25, -0.2) is 0 Å². The SMILES string of the molecule is CCNC(=NCCCn1cc(C)cn1)N1CC[C@@H](O)C1.I. The van der Waals surface area contributed by atoms with Crippen LogP contribution >= 0.6 is 24.0 Å². The fraction of sp³-hybridized carbons (Fsp3) is 0.714. The third-order valence-electron chi connectivity index (χ3n) is 3.37. The maximum Gasteiger partial charge on any atom is 0.194 e. The zero-order chi connectivity index (χ0) is 14.4. The first-order valence-electron chi connectivity index (χ1n) is 7.39. The van der Waals surface area contributed by atoms with Gasteiger partial charge in [-0.2, -0.15) is 5.10 Å². The molecule has 0 amide bonds. The molecule has 120 valence electrons. The Morgan fingerprint density at radius 1 is 1.57 bits per heavy atom. The van der Waals surface area contributed by atoms with Crippen LogP contribution in [0, 0.1) is 6.92 Å². The maximum absolute atomic E-state index is 9.60. The van der Waals surface area contributed by atoms with Crippen LogP contribution in [0.15, 0.2) is 17.4 Å². The number of hydrogen-bond donors (Lipinski definition) is 2. The van der Waals surface area contributed by atoms with Crippen LogP contribution in [0.1, 0.15) is 25.3 Å². The van der Waals surface area contributed by atoms with Crippen LogP contribution in [0.4, 0.5) is 0 Å². The number of aliphatic imine (C=N–C) groups is 1. The second kappa shape index (κ2) is 9.24. The molecular weight excluding hydrogens is 381 g/mol. The van der Waals surface area contributed by atoms with Gasteiger partial charge < -0.3 is 15.3 Å². The van der Waals surface area contributed by atoms with Gasteiger partial charge in [-0.05, 0) is 32.3 Å². The minimum atomic E-state index is -0.217. The van der Waals surface area contributed by atoms with Crippen molar-refractivity contribution in [2.45, 2.75) is 39.3 Å². The van der Waals surface area contributed by atoms with Crippen LogP contribution in [-0.4, -0.2) is 58.0 Å². The Labute approximate surface area is 143 Å². The van der Waals surface area contributed by atoms with Gasteiger partial charge in [0.2, 0.25) is 0 Å². The van der Waals surface area contributed by atoms with Crippen molar-refractivity contribution in [1.29, 1.82) is 0 Å². The molecule has 0 aromatic carbocycles. The monoisotopic (exact) mass is 407 g/mol. The molecule has 0 saturated carbocycles. The number of aryl methyl sites for hydroxylation is 2. The zero-order valence-electron chi connectivity index (χ0n) is 12.8. The third kappa shape index (κ3) is 5.82. The predicted octanol–water partition coefficient (Wildman–Crippen LogP) is 1.23. The van der Waals surface area contributed by atoms with Gasteiger partial charge in [-0.3, -0.25) is 9.67 Å². The van der Waals surface area contributed by atoms with E-state index in [0.717, 1.165) is 45.0 Å². The molecule has 1 aliphatic rings. The highest BCUT2D eigenvalue weighted by Gasteiger charge is 2.22. The normalized spacial score (nSPS) is 18.7. The molecule has 7 heteroatoms. The summed E-state index contributed by atoms with van der Waals surface area (Å²) in [6.45, 7) is 8.19. The van der Waals surface area contributed by atoms with Crippen LogP contribution in [0.2, 0.25) is 0 Å². The summed E-state index contributed by atoms with van der Waals surface area (Å²) >= 11 is 0. The number of rotatable bonds is 5. The molecule has 0 radical (unpaired) electrons. The highest BCUT2D eigenvalue weighted by atomic mass is 127. The van der Waals surface area contributed by atoms with Gasteiger partial charge in [0.25, 0.3) is 0 Å². The number of likely N-dealkylation sites (tertiary alicyclic amines) is 1. The topological polar surface area (TPSA) is 65.7 Å². The van der Waals surface area contributed by atoms with E-state index in [9.17, 15) is 5.11 Å². The zero-order valence-corrected chi connectivity index (χ0v) is 15.2. The highest BCUT2D eigenvalue weighted by Crippen LogP contribution is 2.08. The molecule has 6 nitrogen and oxygen atoms in total. The number of β-amino-alcohol motifs (C(OH)–C–C–N with tert-alkyl or cyclic N) is 1. The number of aromatic nitrogens is 2. The van der Waals surface area contributed by atoms with Gasteiger partial charge in [-0.15, -0.1) is 24.0 Å². The van der Waals surface area contributed by atoms with Gasteiger partial charge in [0.1, 0.15) is 0 Å². The Bertz CT molecular complexity index is 448. The van der Waals surface area contributed by atoms with Crippen molar-refractivity contribution in [2.24, 2.45) is 4.99 Å². The van der Waals surface area contributed by atoms with Crippen molar-refractivity contribution in [3.63, 3.8) is 0 Å². The Hall–Kier alpha value is -0.830. The minimum absolute atomic E-state index is 0. The van der Waals surface area contributed by atoms with Gasteiger partial charge in [0.05, 0.1) is 12.3 Å². The third-order valence-corrected chi connectivity index (χ3v) is 3.37. The van der Waals surface area contributed by atoms with E-state index < -0.39 is 0 Å². The number of aliphatic hydroxyl groups excluding tert-OH is 1. The average molecular weight is 407 g/mol. The number of hydrogen-bond acceptors (Lipinski definition) is 3. The van der Waals surface area contributed by atoms with Crippen LogP contribution in [0.25, 0.3) is 0 Å². The number of nitrogens with zero attached hydrogens (tertiary/aromatic N) is 4. The molecule has 0 bridgehead atoms. The molecule has 2 N–H and O–H groups in total. The van der Waals surface area contributed by atoms with Crippen molar-refractivity contribution in [3.05, 3.63) is 18.0 Å². The molecule has 1 aromatic heterocycles. The summed E-state index contributed by atoms with van der Waals surface area (Å²) in [6, 6.07) is 0. The quantitative estimate of drug-likeness (QED) is 0.334. The standard InChI is InChI=1S/C14H25N5O.HI/c1-3-15-14(18-8-5-13(20)11-18)16-6-4-7-19-10-12(2)9-17-19;/h9-10,13,20H,3-8,11H2,1-2H3,(H,15,16);1H/t13-;/m1./s1. The number of halogens is 1. The smallest absolute Gasteiger partial charge is 0.194 e. The van der Waals surface area contributed by atoms with E-state index in [4.69, 9.17) is 0 Å². The first-order chi connectivity index (χ1) is 9.69. The van der Waals surface area contributed by atoms with E-state index in [-0.39, 0.29) is 30.1 Å². The van der Waals surface area contributed by atoms with E-state index in [1.165, 1.54) is 5.56 Å². The van der Waals surface area contributed by atoms with Crippen LogP contribution in [0.5, 0.6) is 0 Å². The second-order valence-electron chi connectivity index (χ2n) is 5.26. The van der Waals surface area contributed by atoms with E-state index in [2.05, 4.69) is 27.2 Å². The fourth-order valence-electron chi connectivity index (χ4n) is 2.37. The molecule has 0 aliphatic carbocycles. The number of aliphatic hydroxyl groups is 1. The van der Waals surface area contributed by atoms with E-state index in [0.29, 0.717) is 6.54 Å². The summed E-state index contributed by atoms with van der Waals surface area (Å²) in [7, 11) is 0. The highest BCUT2D eigenvalue weighted by molar-refractivity contribution is 14.0. The minimum Gasteiger partial charge on any atom is -0.391 e. The van der Waals surface area contributed by atoms with Crippen LogP contribution in [0.3, 0.4) is 0 Å². The molecule has 1 aliphatic heterocycles. The molecule has 2 heterocycles. The van der Waals surface area contributed by atoms with E-state index in [1.807, 2.05) is 24.0 Å². The molecule has 0 spiro atoms. The van der Waals surface area contributed by atoms with E-state index in [1.54, 1.807) is 0 Å².